The number of fused-ring (bicyclic) bond motifs is 1. The van der Waals surface area contributed by atoms with E-state index in [1.807, 2.05) is 0 Å². The lowest BCUT2D eigenvalue weighted by Gasteiger charge is -2.14. The Morgan fingerprint density at radius 3 is 2.66 bits per heavy atom. The highest BCUT2D eigenvalue weighted by atomic mass is 32.2. The molecule has 154 valence electrons. The van der Waals surface area contributed by atoms with Crippen LogP contribution in [-0.4, -0.2) is 36.9 Å². The first-order valence-corrected chi connectivity index (χ1v) is 10.9. The molecule has 0 spiro atoms. The van der Waals surface area contributed by atoms with Crippen molar-refractivity contribution in [2.24, 2.45) is 0 Å². The first-order chi connectivity index (χ1) is 13.7. The van der Waals surface area contributed by atoms with E-state index in [-0.39, 0.29) is 22.8 Å². The van der Waals surface area contributed by atoms with Crippen molar-refractivity contribution < 1.29 is 22.7 Å². The quantitative estimate of drug-likeness (QED) is 0.557. The molecule has 1 atom stereocenters. The number of rotatable bonds is 7. The average Bonchev–Trinajstić information content (AvgIpc) is 3.07. The van der Waals surface area contributed by atoms with E-state index in [0.717, 1.165) is 5.69 Å². The van der Waals surface area contributed by atoms with Gasteiger partial charge in [-0.2, -0.15) is 4.72 Å². The number of thiazole rings is 1. The number of aromatic nitrogens is 2. The number of carbonyl (C=O) groups is 1. The molecule has 3 rings (SSSR count). The Kier molecular flexibility index (Phi) is 6.01. The van der Waals surface area contributed by atoms with Crippen LogP contribution in [0.2, 0.25) is 0 Å². The SMILES string of the molecule is COc1ccc(S(=O)(=O)N[C@@H](C)C(=O)OCc2cc(=O)n3c(C)csc3n2)cc1. The van der Waals surface area contributed by atoms with E-state index < -0.39 is 22.0 Å². The van der Waals surface area contributed by atoms with Crippen LogP contribution in [0.3, 0.4) is 0 Å². The largest absolute Gasteiger partial charge is 0.497 e. The van der Waals surface area contributed by atoms with Gasteiger partial charge in [-0.05, 0) is 38.1 Å². The Balaban J connectivity index is 1.65. The highest BCUT2D eigenvalue weighted by molar-refractivity contribution is 7.89. The normalized spacial score (nSPS) is 12.7. The maximum Gasteiger partial charge on any atom is 0.324 e. The van der Waals surface area contributed by atoms with Crippen LogP contribution < -0.4 is 15.0 Å². The standard InChI is InChI=1S/C18H19N3O6S2/c1-11-10-28-18-19-13(8-16(22)21(11)18)9-27-17(23)12(2)20-29(24,25)15-6-4-14(26-3)5-7-15/h4-8,10,12,20H,9H2,1-3H3/t12-/m0/s1. The van der Waals surface area contributed by atoms with Gasteiger partial charge >= 0.3 is 5.97 Å². The zero-order chi connectivity index (χ0) is 21.2. The van der Waals surface area contributed by atoms with E-state index in [9.17, 15) is 18.0 Å². The van der Waals surface area contributed by atoms with Crippen LogP contribution in [0.15, 0.2) is 45.4 Å². The summed E-state index contributed by atoms with van der Waals surface area (Å²) in [6.45, 7) is 2.93. The van der Waals surface area contributed by atoms with Gasteiger partial charge in [-0.15, -0.1) is 11.3 Å². The topological polar surface area (TPSA) is 116 Å². The lowest BCUT2D eigenvalue weighted by Crippen LogP contribution is -2.39. The highest BCUT2D eigenvalue weighted by Crippen LogP contribution is 2.16. The van der Waals surface area contributed by atoms with Crippen molar-refractivity contribution in [3.8, 4) is 5.75 Å². The minimum atomic E-state index is -3.92. The van der Waals surface area contributed by atoms with Gasteiger partial charge in [-0.3, -0.25) is 14.0 Å². The molecule has 0 amide bonds. The van der Waals surface area contributed by atoms with Crippen LogP contribution in [0.5, 0.6) is 5.75 Å². The maximum absolute atomic E-state index is 12.4. The number of hydrogen-bond acceptors (Lipinski definition) is 8. The summed E-state index contributed by atoms with van der Waals surface area (Å²) in [5.41, 5.74) is 0.788. The van der Waals surface area contributed by atoms with Crippen molar-refractivity contribution in [3.63, 3.8) is 0 Å². The van der Waals surface area contributed by atoms with Crippen LogP contribution >= 0.6 is 11.3 Å². The van der Waals surface area contributed by atoms with Gasteiger partial charge in [0.15, 0.2) is 4.96 Å². The number of hydrogen-bond donors (Lipinski definition) is 1. The second kappa shape index (κ2) is 8.31. The van der Waals surface area contributed by atoms with Crippen molar-refractivity contribution in [2.75, 3.05) is 7.11 Å². The number of benzene rings is 1. The molecule has 0 aliphatic carbocycles. The third-order valence-electron chi connectivity index (χ3n) is 4.05. The van der Waals surface area contributed by atoms with Crippen LogP contribution in [0.4, 0.5) is 0 Å². The smallest absolute Gasteiger partial charge is 0.324 e. The Morgan fingerprint density at radius 1 is 1.31 bits per heavy atom. The fraction of sp³-hybridized carbons (Fsp3) is 0.278. The third kappa shape index (κ3) is 4.63. The molecule has 0 saturated heterocycles. The van der Waals surface area contributed by atoms with E-state index >= 15 is 0 Å². The molecule has 0 saturated carbocycles. The molecule has 2 aromatic heterocycles. The molecule has 1 N–H and O–H groups in total. The van der Waals surface area contributed by atoms with Gasteiger partial charge < -0.3 is 9.47 Å². The lowest BCUT2D eigenvalue weighted by molar-refractivity contribution is -0.146. The maximum atomic E-state index is 12.4. The molecule has 2 heterocycles. The highest BCUT2D eigenvalue weighted by Gasteiger charge is 2.23. The second-order valence-electron chi connectivity index (χ2n) is 6.21. The second-order valence-corrected chi connectivity index (χ2v) is 8.76. The third-order valence-corrected chi connectivity index (χ3v) is 6.55. The molecule has 9 nitrogen and oxygen atoms in total. The molecular formula is C18H19N3O6S2. The van der Waals surface area contributed by atoms with Gasteiger partial charge in [0.1, 0.15) is 18.4 Å². The van der Waals surface area contributed by atoms with Gasteiger partial charge in [0.25, 0.3) is 5.56 Å². The summed E-state index contributed by atoms with van der Waals surface area (Å²) in [5, 5.41) is 1.80. The number of esters is 1. The number of carbonyl (C=O) groups excluding carboxylic acids is 1. The Bertz CT molecular complexity index is 1200. The summed E-state index contributed by atoms with van der Waals surface area (Å²) in [7, 11) is -2.45. The Labute approximate surface area is 171 Å². The summed E-state index contributed by atoms with van der Waals surface area (Å²) >= 11 is 1.30. The molecule has 0 bridgehead atoms. The molecule has 1 aromatic carbocycles. The van der Waals surface area contributed by atoms with Crippen molar-refractivity contribution in [3.05, 3.63) is 57.5 Å². The number of methoxy groups -OCH3 is 1. The molecule has 0 aliphatic heterocycles. The summed E-state index contributed by atoms with van der Waals surface area (Å²) < 4.78 is 38.6. The van der Waals surface area contributed by atoms with E-state index in [0.29, 0.717) is 10.7 Å². The molecule has 11 heteroatoms. The number of sulfonamides is 1. The van der Waals surface area contributed by atoms with Gasteiger partial charge in [0.2, 0.25) is 10.0 Å². The zero-order valence-electron chi connectivity index (χ0n) is 15.9. The summed E-state index contributed by atoms with van der Waals surface area (Å²) in [4.78, 5) is 29.1. The Morgan fingerprint density at radius 2 is 2.00 bits per heavy atom. The number of nitrogens with zero attached hydrogens (tertiary/aromatic N) is 2. The summed E-state index contributed by atoms with van der Waals surface area (Å²) in [6.07, 6.45) is 0. The van der Waals surface area contributed by atoms with Crippen molar-refractivity contribution in [1.82, 2.24) is 14.1 Å². The molecule has 3 aromatic rings. The van der Waals surface area contributed by atoms with E-state index in [4.69, 9.17) is 9.47 Å². The van der Waals surface area contributed by atoms with Crippen molar-refractivity contribution in [2.45, 2.75) is 31.4 Å². The number of nitrogens with one attached hydrogen (secondary N) is 1. The summed E-state index contributed by atoms with van der Waals surface area (Å²) in [5.74, 6) is -0.274. The van der Waals surface area contributed by atoms with Crippen LogP contribution in [0.1, 0.15) is 18.3 Å². The molecule has 0 fully saturated rings. The van der Waals surface area contributed by atoms with Crippen molar-refractivity contribution in [1.29, 1.82) is 0 Å². The molecule has 29 heavy (non-hydrogen) atoms. The zero-order valence-corrected chi connectivity index (χ0v) is 17.5. The Hall–Kier alpha value is -2.76. The van der Waals surface area contributed by atoms with E-state index in [2.05, 4.69) is 9.71 Å². The van der Waals surface area contributed by atoms with Crippen molar-refractivity contribution >= 4 is 32.3 Å². The van der Waals surface area contributed by atoms with Gasteiger partial charge in [-0.25, -0.2) is 13.4 Å². The van der Waals surface area contributed by atoms with Crippen LogP contribution in [0, 0.1) is 6.92 Å². The van der Waals surface area contributed by atoms with Gasteiger partial charge in [0, 0.05) is 17.1 Å². The molecule has 0 radical (unpaired) electrons. The number of aryl methyl sites for hydroxylation is 1. The first-order valence-electron chi connectivity index (χ1n) is 8.51. The first kappa shape index (κ1) is 21.0. The van der Waals surface area contributed by atoms with Crippen LogP contribution in [0.25, 0.3) is 4.96 Å². The minimum absolute atomic E-state index is 0.00819. The minimum Gasteiger partial charge on any atom is -0.497 e. The van der Waals surface area contributed by atoms with Crippen LogP contribution in [-0.2, 0) is 26.2 Å². The number of ether oxygens (including phenoxy) is 2. The average molecular weight is 437 g/mol. The van der Waals surface area contributed by atoms with Gasteiger partial charge in [0.05, 0.1) is 17.7 Å². The molecule has 0 aliphatic rings. The van der Waals surface area contributed by atoms with E-state index in [1.165, 1.54) is 60.1 Å². The predicted octanol–water partition coefficient (Wildman–Crippen LogP) is 1.48. The summed E-state index contributed by atoms with van der Waals surface area (Å²) in [6, 6.07) is 5.90. The monoisotopic (exact) mass is 437 g/mol. The molecular weight excluding hydrogens is 418 g/mol. The van der Waals surface area contributed by atoms with E-state index in [1.54, 1.807) is 12.3 Å². The predicted molar refractivity (Wildman–Crippen MR) is 107 cm³/mol. The van der Waals surface area contributed by atoms with Gasteiger partial charge in [-0.1, -0.05) is 0 Å². The molecule has 0 unspecified atom stereocenters. The fourth-order valence-electron chi connectivity index (χ4n) is 2.55. The lowest BCUT2D eigenvalue weighted by atomic mass is 10.3. The fourth-order valence-corrected chi connectivity index (χ4v) is 4.63.